The molecule has 9 heteroatoms. The van der Waals surface area contributed by atoms with Crippen molar-refractivity contribution in [2.24, 2.45) is 7.05 Å². The second-order valence-corrected chi connectivity index (χ2v) is 5.27. The van der Waals surface area contributed by atoms with Crippen molar-refractivity contribution in [3.05, 3.63) is 30.4 Å². The highest BCUT2D eigenvalue weighted by molar-refractivity contribution is 5.89. The zero-order valence-corrected chi connectivity index (χ0v) is 13.3. The van der Waals surface area contributed by atoms with Gasteiger partial charge in [-0.3, -0.25) is 18.8 Å². The molecular formula is C14H18N8O. The Balaban J connectivity index is 1.69. The van der Waals surface area contributed by atoms with E-state index in [4.69, 9.17) is 0 Å². The second kappa shape index (κ2) is 6.03. The van der Waals surface area contributed by atoms with E-state index in [1.54, 1.807) is 26.4 Å². The molecule has 1 amide bonds. The van der Waals surface area contributed by atoms with Crippen molar-refractivity contribution in [3.8, 4) is 11.3 Å². The van der Waals surface area contributed by atoms with Crippen LogP contribution in [0.3, 0.4) is 0 Å². The average molecular weight is 314 g/mol. The van der Waals surface area contributed by atoms with Gasteiger partial charge in [0.15, 0.2) is 5.82 Å². The van der Waals surface area contributed by atoms with Crippen LogP contribution < -0.4 is 5.32 Å². The third-order valence-electron chi connectivity index (χ3n) is 3.36. The minimum atomic E-state index is -0.201. The van der Waals surface area contributed by atoms with Crippen LogP contribution in [-0.2, 0) is 24.9 Å². The maximum Gasteiger partial charge on any atom is 0.247 e. The SMILES string of the molecule is CCn1cc(NC(=O)Cn2cc(C)c(-c3cnn(C)c3)n2)nn1. The third-order valence-corrected chi connectivity index (χ3v) is 3.36. The number of hydrogen-bond acceptors (Lipinski definition) is 5. The molecule has 0 saturated heterocycles. The fourth-order valence-electron chi connectivity index (χ4n) is 2.27. The van der Waals surface area contributed by atoms with Crippen LogP contribution in [-0.4, -0.2) is 40.5 Å². The Bertz CT molecular complexity index is 828. The molecule has 9 nitrogen and oxygen atoms in total. The van der Waals surface area contributed by atoms with Crippen molar-refractivity contribution >= 4 is 11.7 Å². The summed E-state index contributed by atoms with van der Waals surface area (Å²) in [7, 11) is 1.85. The van der Waals surface area contributed by atoms with Gasteiger partial charge in [-0.2, -0.15) is 10.2 Å². The number of aromatic nitrogens is 7. The highest BCUT2D eigenvalue weighted by Crippen LogP contribution is 2.20. The summed E-state index contributed by atoms with van der Waals surface area (Å²) in [6, 6.07) is 0. The fourth-order valence-corrected chi connectivity index (χ4v) is 2.27. The Morgan fingerprint density at radius 3 is 2.74 bits per heavy atom. The van der Waals surface area contributed by atoms with Gasteiger partial charge < -0.3 is 5.32 Å². The number of nitrogens with one attached hydrogen (secondary N) is 1. The topological polar surface area (TPSA) is 95.5 Å². The van der Waals surface area contributed by atoms with Crippen LogP contribution in [0.4, 0.5) is 5.82 Å². The summed E-state index contributed by atoms with van der Waals surface area (Å²) in [4.78, 5) is 12.1. The molecule has 0 radical (unpaired) electrons. The standard InChI is InChI=1S/C14H18N8O/c1-4-21-8-12(17-19-21)16-13(23)9-22-6-10(2)14(18-22)11-5-15-20(3)7-11/h5-8H,4,9H2,1-3H3,(H,16,23). The van der Waals surface area contributed by atoms with E-state index in [0.29, 0.717) is 12.4 Å². The molecule has 3 aromatic rings. The van der Waals surface area contributed by atoms with Crippen LogP contribution in [0.25, 0.3) is 11.3 Å². The van der Waals surface area contributed by atoms with Gasteiger partial charge in [-0.15, -0.1) is 5.10 Å². The summed E-state index contributed by atoms with van der Waals surface area (Å²) in [6.45, 7) is 4.72. The number of amides is 1. The van der Waals surface area contributed by atoms with Crippen molar-refractivity contribution in [2.45, 2.75) is 26.9 Å². The van der Waals surface area contributed by atoms with Gasteiger partial charge in [-0.05, 0) is 19.4 Å². The van der Waals surface area contributed by atoms with Crippen molar-refractivity contribution in [2.75, 3.05) is 5.32 Å². The fraction of sp³-hybridized carbons (Fsp3) is 0.357. The van der Waals surface area contributed by atoms with Gasteiger partial charge in [-0.25, -0.2) is 0 Å². The molecule has 0 bridgehead atoms. The molecule has 1 N–H and O–H groups in total. The van der Waals surface area contributed by atoms with E-state index in [-0.39, 0.29) is 12.5 Å². The molecule has 3 rings (SSSR count). The predicted octanol–water partition coefficient (Wildman–Crippen LogP) is 0.842. The van der Waals surface area contributed by atoms with Crippen LogP contribution in [0.5, 0.6) is 0 Å². The molecule has 3 aromatic heterocycles. The molecule has 0 unspecified atom stereocenters. The normalized spacial score (nSPS) is 10.9. The monoisotopic (exact) mass is 314 g/mol. The lowest BCUT2D eigenvalue weighted by Gasteiger charge is -2.01. The first-order valence-corrected chi connectivity index (χ1v) is 7.28. The van der Waals surface area contributed by atoms with E-state index in [1.165, 1.54) is 0 Å². The molecule has 0 spiro atoms. The summed E-state index contributed by atoms with van der Waals surface area (Å²) >= 11 is 0. The van der Waals surface area contributed by atoms with Crippen LogP contribution in [0.1, 0.15) is 12.5 Å². The highest BCUT2D eigenvalue weighted by Gasteiger charge is 2.12. The molecule has 0 saturated carbocycles. The summed E-state index contributed by atoms with van der Waals surface area (Å²) in [6.07, 6.45) is 7.17. The summed E-state index contributed by atoms with van der Waals surface area (Å²) < 4.78 is 4.98. The predicted molar refractivity (Wildman–Crippen MR) is 83.5 cm³/mol. The summed E-state index contributed by atoms with van der Waals surface area (Å²) in [5, 5.41) is 19.1. The number of aryl methyl sites for hydroxylation is 3. The van der Waals surface area contributed by atoms with Crippen LogP contribution in [0.15, 0.2) is 24.8 Å². The molecule has 120 valence electrons. The number of carbonyl (C=O) groups excluding carboxylic acids is 1. The quantitative estimate of drug-likeness (QED) is 0.753. The average Bonchev–Trinajstić information content (AvgIpc) is 3.20. The largest absolute Gasteiger partial charge is 0.306 e. The van der Waals surface area contributed by atoms with E-state index in [9.17, 15) is 4.79 Å². The number of carbonyl (C=O) groups is 1. The summed E-state index contributed by atoms with van der Waals surface area (Å²) in [5.41, 5.74) is 2.74. The van der Waals surface area contributed by atoms with Crippen LogP contribution in [0.2, 0.25) is 0 Å². The zero-order chi connectivity index (χ0) is 16.4. The van der Waals surface area contributed by atoms with Crippen LogP contribution >= 0.6 is 0 Å². The van der Waals surface area contributed by atoms with Crippen molar-refractivity contribution in [1.29, 1.82) is 0 Å². The molecule has 0 aliphatic rings. The van der Waals surface area contributed by atoms with Gasteiger partial charge in [0.1, 0.15) is 6.54 Å². The van der Waals surface area contributed by atoms with Gasteiger partial charge in [0.25, 0.3) is 0 Å². The van der Waals surface area contributed by atoms with E-state index in [2.05, 4.69) is 25.8 Å². The van der Waals surface area contributed by atoms with Crippen LogP contribution in [0, 0.1) is 6.92 Å². The van der Waals surface area contributed by atoms with E-state index in [1.807, 2.05) is 33.3 Å². The molecule has 0 atom stereocenters. The molecule has 0 fully saturated rings. The maximum atomic E-state index is 12.1. The lowest BCUT2D eigenvalue weighted by Crippen LogP contribution is -2.19. The lowest BCUT2D eigenvalue weighted by molar-refractivity contribution is -0.116. The molecule has 23 heavy (non-hydrogen) atoms. The lowest BCUT2D eigenvalue weighted by atomic mass is 10.2. The maximum absolute atomic E-state index is 12.1. The molecule has 0 aliphatic heterocycles. The van der Waals surface area contributed by atoms with Gasteiger partial charge in [0.05, 0.1) is 18.1 Å². The van der Waals surface area contributed by atoms with Gasteiger partial charge >= 0.3 is 0 Å². The first kappa shape index (κ1) is 14.9. The van der Waals surface area contributed by atoms with Crippen molar-refractivity contribution in [3.63, 3.8) is 0 Å². The molecule has 0 aliphatic carbocycles. The highest BCUT2D eigenvalue weighted by atomic mass is 16.2. The molecule has 3 heterocycles. The van der Waals surface area contributed by atoms with Crippen molar-refractivity contribution in [1.82, 2.24) is 34.6 Å². The first-order chi connectivity index (χ1) is 11.0. The van der Waals surface area contributed by atoms with Gasteiger partial charge in [0.2, 0.25) is 5.91 Å². The van der Waals surface area contributed by atoms with Crippen molar-refractivity contribution < 1.29 is 4.79 Å². The second-order valence-electron chi connectivity index (χ2n) is 5.27. The Morgan fingerprint density at radius 2 is 2.09 bits per heavy atom. The summed E-state index contributed by atoms with van der Waals surface area (Å²) in [5.74, 6) is 0.238. The van der Waals surface area contributed by atoms with E-state index >= 15 is 0 Å². The molecular weight excluding hydrogens is 296 g/mol. The Morgan fingerprint density at radius 1 is 1.26 bits per heavy atom. The first-order valence-electron chi connectivity index (χ1n) is 7.28. The Hall–Kier alpha value is -2.97. The molecule has 0 aromatic carbocycles. The van der Waals surface area contributed by atoms with Gasteiger partial charge in [-0.1, -0.05) is 5.21 Å². The number of anilines is 1. The minimum Gasteiger partial charge on any atom is -0.306 e. The zero-order valence-electron chi connectivity index (χ0n) is 13.3. The van der Waals surface area contributed by atoms with E-state index < -0.39 is 0 Å². The van der Waals surface area contributed by atoms with Gasteiger partial charge in [0, 0.05) is 31.5 Å². The Kier molecular flexibility index (Phi) is 3.92. The number of rotatable bonds is 5. The van der Waals surface area contributed by atoms with E-state index in [0.717, 1.165) is 16.8 Å². The smallest absolute Gasteiger partial charge is 0.247 e. The third kappa shape index (κ3) is 3.28. The minimum absolute atomic E-state index is 0.111. The number of hydrogen-bond donors (Lipinski definition) is 1. The number of nitrogens with zero attached hydrogens (tertiary/aromatic N) is 7. The Labute approximate surface area is 132 Å².